The van der Waals surface area contributed by atoms with Crippen molar-refractivity contribution in [2.24, 2.45) is 5.92 Å². The Hall–Kier alpha value is -3.75. The summed E-state index contributed by atoms with van der Waals surface area (Å²) < 4.78 is 12.0. The number of carbonyl (C=O) groups is 2. The molecular weight excluding hydrogens is 412 g/mol. The molecule has 2 amide bonds. The molecule has 0 bridgehead atoms. The summed E-state index contributed by atoms with van der Waals surface area (Å²) in [6.07, 6.45) is 0. The van der Waals surface area contributed by atoms with Crippen molar-refractivity contribution in [2.45, 2.75) is 26.4 Å². The number of hydrogen-bond acceptors (Lipinski definition) is 5. The molecule has 0 saturated carbocycles. The van der Waals surface area contributed by atoms with E-state index >= 15 is 0 Å². The molecule has 1 atom stereocenters. The molecule has 0 spiro atoms. The minimum absolute atomic E-state index is 0.151. The van der Waals surface area contributed by atoms with Gasteiger partial charge in [0.2, 0.25) is 5.91 Å². The van der Waals surface area contributed by atoms with Gasteiger partial charge in [-0.2, -0.15) is 0 Å². The summed E-state index contributed by atoms with van der Waals surface area (Å²) in [6, 6.07) is 11.4. The molecule has 170 valence electrons. The van der Waals surface area contributed by atoms with Crippen LogP contribution in [0.4, 0.5) is 0 Å². The number of amides is 2. The molecule has 3 rings (SSSR count). The van der Waals surface area contributed by atoms with Crippen LogP contribution in [0, 0.1) is 5.92 Å². The van der Waals surface area contributed by atoms with E-state index in [4.69, 9.17) is 9.47 Å². The van der Waals surface area contributed by atoms with Crippen molar-refractivity contribution in [3.63, 3.8) is 0 Å². The fourth-order valence-corrected chi connectivity index (χ4v) is 3.43. The molecule has 0 fully saturated rings. The summed E-state index contributed by atoms with van der Waals surface area (Å²) in [6.45, 7) is 4.24. The Balaban J connectivity index is 1.66. The molecule has 0 aliphatic heterocycles. The number of para-hydroxylation sites is 2. The zero-order valence-corrected chi connectivity index (χ0v) is 18.6. The van der Waals surface area contributed by atoms with E-state index in [0.717, 1.165) is 11.0 Å². The highest BCUT2D eigenvalue weighted by Gasteiger charge is 2.25. The third kappa shape index (κ3) is 5.11. The first kappa shape index (κ1) is 22.9. The topological polar surface area (TPSA) is 114 Å². The monoisotopic (exact) mass is 440 g/mol. The molecular formula is C23H28N4O5. The van der Waals surface area contributed by atoms with Gasteiger partial charge in [-0.1, -0.05) is 26.0 Å². The Labute approximate surface area is 185 Å². The van der Waals surface area contributed by atoms with Crippen molar-refractivity contribution in [1.82, 2.24) is 20.2 Å². The van der Waals surface area contributed by atoms with Crippen LogP contribution < -0.4 is 25.8 Å². The summed E-state index contributed by atoms with van der Waals surface area (Å²) in [5, 5.41) is 5.60. The standard InChI is InChI=1S/C23H28N4O5/c1-14(2)20(26-21(28)15-11-16(31-3)13-17(12-15)32-4)22(29)24-9-10-27-19-8-6-5-7-18(19)25-23(27)30/h5-8,11-14,20H,9-10H2,1-4H3,(H,24,29)(H,25,30)(H,26,28)/t20-/m0/s1. The van der Waals surface area contributed by atoms with Crippen LogP contribution in [0.5, 0.6) is 11.5 Å². The minimum Gasteiger partial charge on any atom is -0.497 e. The molecule has 0 saturated heterocycles. The number of ether oxygens (including phenoxy) is 2. The van der Waals surface area contributed by atoms with Gasteiger partial charge in [0, 0.05) is 24.7 Å². The maximum absolute atomic E-state index is 12.8. The molecule has 1 heterocycles. The van der Waals surface area contributed by atoms with Crippen LogP contribution in [-0.4, -0.2) is 48.2 Å². The van der Waals surface area contributed by atoms with Crippen molar-refractivity contribution in [3.05, 3.63) is 58.5 Å². The van der Waals surface area contributed by atoms with Crippen molar-refractivity contribution in [2.75, 3.05) is 20.8 Å². The first-order chi connectivity index (χ1) is 15.3. The zero-order valence-electron chi connectivity index (χ0n) is 18.6. The average molecular weight is 441 g/mol. The summed E-state index contributed by atoms with van der Waals surface area (Å²) >= 11 is 0. The number of H-pyrrole nitrogens is 1. The Kier molecular flexibility index (Phi) is 7.19. The SMILES string of the molecule is COc1cc(OC)cc(C(=O)N[C@H](C(=O)NCCn2c(=O)[nH]c3ccccc32)C(C)C)c1. The van der Waals surface area contributed by atoms with Gasteiger partial charge in [0.15, 0.2) is 0 Å². The van der Waals surface area contributed by atoms with E-state index in [1.807, 2.05) is 38.1 Å². The lowest BCUT2D eigenvalue weighted by Gasteiger charge is -2.22. The Morgan fingerprint density at radius 1 is 1.06 bits per heavy atom. The largest absolute Gasteiger partial charge is 0.497 e. The second-order valence-corrected chi connectivity index (χ2v) is 7.69. The summed E-state index contributed by atoms with van der Waals surface area (Å²) in [5.74, 6) is 0.0655. The lowest BCUT2D eigenvalue weighted by Crippen LogP contribution is -2.50. The molecule has 1 aromatic heterocycles. The highest BCUT2D eigenvalue weighted by Crippen LogP contribution is 2.22. The molecule has 9 heteroatoms. The van der Waals surface area contributed by atoms with E-state index in [1.165, 1.54) is 14.2 Å². The molecule has 0 unspecified atom stereocenters. The number of benzene rings is 2. The number of nitrogens with one attached hydrogen (secondary N) is 3. The molecule has 2 aromatic carbocycles. The lowest BCUT2D eigenvalue weighted by molar-refractivity contribution is -0.123. The third-order valence-corrected chi connectivity index (χ3v) is 5.17. The number of rotatable bonds is 9. The fraction of sp³-hybridized carbons (Fsp3) is 0.348. The van der Waals surface area contributed by atoms with Gasteiger partial charge in [0.1, 0.15) is 17.5 Å². The summed E-state index contributed by atoms with van der Waals surface area (Å²) in [7, 11) is 3.00. The molecule has 3 aromatic rings. The van der Waals surface area contributed by atoms with Gasteiger partial charge in [0.25, 0.3) is 5.91 Å². The van der Waals surface area contributed by atoms with Gasteiger partial charge >= 0.3 is 5.69 Å². The molecule has 9 nitrogen and oxygen atoms in total. The fourth-order valence-electron chi connectivity index (χ4n) is 3.43. The quantitative estimate of drug-likeness (QED) is 0.470. The molecule has 0 radical (unpaired) electrons. The average Bonchev–Trinajstić information content (AvgIpc) is 3.11. The first-order valence-corrected chi connectivity index (χ1v) is 10.3. The zero-order chi connectivity index (χ0) is 23.3. The summed E-state index contributed by atoms with van der Waals surface area (Å²) in [4.78, 5) is 40.6. The number of fused-ring (bicyclic) bond motifs is 1. The lowest BCUT2D eigenvalue weighted by atomic mass is 10.0. The minimum atomic E-state index is -0.751. The van der Waals surface area contributed by atoms with Crippen molar-refractivity contribution in [3.8, 4) is 11.5 Å². The van der Waals surface area contributed by atoms with Gasteiger partial charge in [-0.3, -0.25) is 14.2 Å². The van der Waals surface area contributed by atoms with E-state index in [0.29, 0.717) is 23.6 Å². The number of hydrogen-bond donors (Lipinski definition) is 3. The van der Waals surface area contributed by atoms with Gasteiger partial charge < -0.3 is 25.1 Å². The van der Waals surface area contributed by atoms with Crippen LogP contribution in [0.3, 0.4) is 0 Å². The number of aromatic nitrogens is 2. The summed E-state index contributed by atoms with van der Waals surface area (Å²) in [5.41, 5.74) is 1.60. The number of imidazole rings is 1. The third-order valence-electron chi connectivity index (χ3n) is 5.17. The van der Waals surface area contributed by atoms with E-state index < -0.39 is 11.9 Å². The predicted molar refractivity (Wildman–Crippen MR) is 121 cm³/mol. The normalized spacial score (nSPS) is 11.9. The van der Waals surface area contributed by atoms with Crippen LogP contribution in [0.1, 0.15) is 24.2 Å². The van der Waals surface area contributed by atoms with E-state index in [2.05, 4.69) is 15.6 Å². The predicted octanol–water partition coefficient (Wildman–Crippen LogP) is 1.92. The van der Waals surface area contributed by atoms with Gasteiger partial charge in [0.05, 0.1) is 25.3 Å². The maximum atomic E-state index is 12.8. The number of methoxy groups -OCH3 is 2. The highest BCUT2D eigenvalue weighted by molar-refractivity contribution is 5.98. The maximum Gasteiger partial charge on any atom is 0.326 e. The number of aromatic amines is 1. The Bertz CT molecular complexity index is 1140. The Morgan fingerprint density at radius 2 is 1.72 bits per heavy atom. The highest BCUT2D eigenvalue weighted by atomic mass is 16.5. The number of carbonyl (C=O) groups excluding carboxylic acids is 2. The van der Waals surface area contributed by atoms with Crippen molar-refractivity contribution >= 4 is 22.8 Å². The van der Waals surface area contributed by atoms with E-state index in [-0.39, 0.29) is 24.1 Å². The molecule has 0 aliphatic rings. The molecule has 32 heavy (non-hydrogen) atoms. The van der Waals surface area contributed by atoms with Crippen LogP contribution in [0.2, 0.25) is 0 Å². The second-order valence-electron chi connectivity index (χ2n) is 7.69. The number of nitrogens with zero attached hydrogens (tertiary/aromatic N) is 1. The van der Waals surface area contributed by atoms with Gasteiger partial charge in [-0.15, -0.1) is 0 Å². The second kappa shape index (κ2) is 10.0. The van der Waals surface area contributed by atoms with Crippen molar-refractivity contribution in [1.29, 1.82) is 0 Å². The smallest absolute Gasteiger partial charge is 0.326 e. The van der Waals surface area contributed by atoms with Crippen LogP contribution in [0.25, 0.3) is 11.0 Å². The van der Waals surface area contributed by atoms with Crippen LogP contribution in [-0.2, 0) is 11.3 Å². The molecule has 3 N–H and O–H groups in total. The van der Waals surface area contributed by atoms with E-state index in [9.17, 15) is 14.4 Å². The van der Waals surface area contributed by atoms with E-state index in [1.54, 1.807) is 22.8 Å². The van der Waals surface area contributed by atoms with Gasteiger partial charge in [-0.05, 0) is 30.2 Å². The van der Waals surface area contributed by atoms with Crippen molar-refractivity contribution < 1.29 is 19.1 Å². The molecule has 0 aliphatic carbocycles. The Morgan fingerprint density at radius 3 is 2.34 bits per heavy atom. The van der Waals surface area contributed by atoms with Crippen LogP contribution in [0.15, 0.2) is 47.3 Å². The van der Waals surface area contributed by atoms with Crippen LogP contribution >= 0.6 is 0 Å². The van der Waals surface area contributed by atoms with Gasteiger partial charge in [-0.25, -0.2) is 4.79 Å². The first-order valence-electron chi connectivity index (χ1n) is 10.3.